The maximum absolute atomic E-state index is 9.77. The number of hydrogen-bond donors (Lipinski definition) is 2. The number of aliphatic hydroxyl groups excluding tert-OH is 2. The fourth-order valence-corrected chi connectivity index (χ4v) is 1.96. The van der Waals surface area contributed by atoms with Crippen molar-refractivity contribution in [3.63, 3.8) is 0 Å². The number of aliphatic hydroxyl groups is 2. The van der Waals surface area contributed by atoms with E-state index in [0.717, 1.165) is 0 Å². The van der Waals surface area contributed by atoms with Crippen LogP contribution in [-0.2, 0) is 14.2 Å². The van der Waals surface area contributed by atoms with E-state index in [0.29, 0.717) is 13.0 Å². The molecule has 2 N–H and O–H groups in total. The lowest BCUT2D eigenvalue weighted by Crippen LogP contribution is -2.58. The summed E-state index contributed by atoms with van der Waals surface area (Å²) in [5, 5.41) is 18.7. The van der Waals surface area contributed by atoms with Gasteiger partial charge in [0.25, 0.3) is 0 Å². The van der Waals surface area contributed by atoms with Crippen molar-refractivity contribution in [3.05, 3.63) is 0 Å². The average molecular weight is 190 g/mol. The van der Waals surface area contributed by atoms with Crippen LogP contribution in [0.5, 0.6) is 0 Å². The molecule has 1 unspecified atom stereocenters. The van der Waals surface area contributed by atoms with E-state index < -0.39 is 24.1 Å². The van der Waals surface area contributed by atoms with Crippen molar-refractivity contribution in [1.29, 1.82) is 0 Å². The number of ether oxygens (including phenoxy) is 3. The van der Waals surface area contributed by atoms with E-state index >= 15 is 0 Å². The van der Waals surface area contributed by atoms with E-state index in [9.17, 15) is 5.11 Å². The third-order valence-electron chi connectivity index (χ3n) is 2.81. The van der Waals surface area contributed by atoms with Gasteiger partial charge in [-0.3, -0.25) is 0 Å². The van der Waals surface area contributed by atoms with Gasteiger partial charge in [0.1, 0.15) is 17.8 Å². The molecule has 2 aliphatic heterocycles. The van der Waals surface area contributed by atoms with E-state index in [4.69, 9.17) is 19.3 Å². The van der Waals surface area contributed by atoms with Crippen LogP contribution in [0, 0.1) is 0 Å². The van der Waals surface area contributed by atoms with E-state index in [-0.39, 0.29) is 6.61 Å². The summed E-state index contributed by atoms with van der Waals surface area (Å²) >= 11 is 0. The number of rotatable bonds is 2. The Morgan fingerprint density at radius 2 is 2.31 bits per heavy atom. The van der Waals surface area contributed by atoms with Crippen molar-refractivity contribution in [2.75, 3.05) is 20.3 Å². The maximum Gasteiger partial charge on any atom is 0.189 e. The van der Waals surface area contributed by atoms with Crippen molar-refractivity contribution in [3.8, 4) is 0 Å². The normalized spacial score (nSPS) is 49.6. The smallest absolute Gasteiger partial charge is 0.189 e. The highest BCUT2D eigenvalue weighted by Crippen LogP contribution is 2.42. The van der Waals surface area contributed by atoms with Crippen LogP contribution in [0.2, 0.25) is 0 Å². The SMILES string of the molecule is COC1O[C@H](CO)[C@@H](O)[C@]12CCO2. The molecule has 13 heavy (non-hydrogen) atoms. The van der Waals surface area contributed by atoms with Gasteiger partial charge in [-0.25, -0.2) is 0 Å². The van der Waals surface area contributed by atoms with Crippen molar-refractivity contribution < 1.29 is 24.4 Å². The largest absolute Gasteiger partial charge is 0.394 e. The van der Waals surface area contributed by atoms with Gasteiger partial charge in [-0.1, -0.05) is 0 Å². The summed E-state index contributed by atoms with van der Waals surface area (Å²) in [7, 11) is 1.50. The molecule has 2 aliphatic rings. The van der Waals surface area contributed by atoms with E-state index in [1.807, 2.05) is 0 Å². The second-order valence-electron chi connectivity index (χ2n) is 3.42. The maximum atomic E-state index is 9.77. The molecule has 0 aromatic rings. The van der Waals surface area contributed by atoms with Gasteiger partial charge in [0.05, 0.1) is 13.2 Å². The predicted molar refractivity (Wildman–Crippen MR) is 42.1 cm³/mol. The molecule has 2 fully saturated rings. The lowest BCUT2D eigenvalue weighted by molar-refractivity contribution is -0.267. The molecule has 0 aromatic heterocycles. The molecule has 0 amide bonds. The Bertz CT molecular complexity index is 187. The molecule has 0 aromatic carbocycles. The summed E-state index contributed by atoms with van der Waals surface area (Å²) in [4.78, 5) is 0. The van der Waals surface area contributed by atoms with Gasteiger partial charge in [0.2, 0.25) is 0 Å². The molecule has 76 valence electrons. The Hall–Kier alpha value is -0.200. The first kappa shape index (κ1) is 9.36. The Morgan fingerprint density at radius 1 is 1.62 bits per heavy atom. The summed E-state index contributed by atoms with van der Waals surface area (Å²) in [6.45, 7) is 0.393. The summed E-state index contributed by atoms with van der Waals surface area (Å²) < 4.78 is 15.7. The van der Waals surface area contributed by atoms with Crippen LogP contribution in [-0.4, -0.2) is 54.6 Å². The highest BCUT2D eigenvalue weighted by molar-refractivity contribution is 5.05. The second kappa shape index (κ2) is 3.18. The highest BCUT2D eigenvalue weighted by Gasteiger charge is 2.61. The fraction of sp³-hybridized carbons (Fsp3) is 1.00. The molecule has 5 heteroatoms. The van der Waals surface area contributed by atoms with Gasteiger partial charge in [0, 0.05) is 13.5 Å². The molecule has 4 atom stereocenters. The Morgan fingerprint density at radius 3 is 2.62 bits per heavy atom. The molecule has 1 spiro atoms. The first-order chi connectivity index (χ1) is 6.24. The fourth-order valence-electron chi connectivity index (χ4n) is 1.96. The van der Waals surface area contributed by atoms with E-state index in [1.54, 1.807) is 0 Å². The third kappa shape index (κ3) is 1.12. The molecule has 2 rings (SSSR count). The predicted octanol–water partition coefficient (Wildman–Crippen LogP) is -1.13. The van der Waals surface area contributed by atoms with Crippen LogP contribution in [0.4, 0.5) is 0 Å². The third-order valence-corrected chi connectivity index (χ3v) is 2.81. The van der Waals surface area contributed by atoms with Crippen LogP contribution in [0.3, 0.4) is 0 Å². The van der Waals surface area contributed by atoms with Crippen LogP contribution in [0.25, 0.3) is 0 Å². The van der Waals surface area contributed by atoms with Gasteiger partial charge >= 0.3 is 0 Å². The molecule has 2 saturated heterocycles. The summed E-state index contributed by atoms with van der Waals surface area (Å²) in [5.41, 5.74) is -0.734. The quantitative estimate of drug-likeness (QED) is 0.576. The Labute approximate surface area is 76.2 Å². The van der Waals surface area contributed by atoms with Crippen molar-refractivity contribution in [2.24, 2.45) is 0 Å². The minimum atomic E-state index is -0.795. The van der Waals surface area contributed by atoms with Gasteiger partial charge in [-0.05, 0) is 0 Å². The highest BCUT2D eigenvalue weighted by atomic mass is 16.7. The second-order valence-corrected chi connectivity index (χ2v) is 3.42. The first-order valence-electron chi connectivity index (χ1n) is 4.36. The number of methoxy groups -OCH3 is 1. The zero-order valence-electron chi connectivity index (χ0n) is 7.47. The topological polar surface area (TPSA) is 68.2 Å². The van der Waals surface area contributed by atoms with Gasteiger partial charge < -0.3 is 24.4 Å². The summed E-state index contributed by atoms with van der Waals surface area (Å²) in [5.74, 6) is 0. The molecule has 0 radical (unpaired) electrons. The monoisotopic (exact) mass is 190 g/mol. The zero-order chi connectivity index (χ0) is 9.47. The van der Waals surface area contributed by atoms with Crippen molar-refractivity contribution >= 4 is 0 Å². The lowest BCUT2D eigenvalue weighted by atomic mass is 9.87. The Balaban J connectivity index is 2.14. The number of hydrogen-bond acceptors (Lipinski definition) is 5. The summed E-state index contributed by atoms with van der Waals surface area (Å²) in [6, 6.07) is 0. The van der Waals surface area contributed by atoms with E-state index in [2.05, 4.69) is 0 Å². The van der Waals surface area contributed by atoms with Crippen LogP contribution in [0.15, 0.2) is 0 Å². The van der Waals surface area contributed by atoms with Crippen LogP contribution in [0.1, 0.15) is 6.42 Å². The lowest BCUT2D eigenvalue weighted by Gasteiger charge is -2.43. The standard InChI is InChI=1S/C8H14O5/c1-11-7-8(2-3-12-8)6(10)5(4-9)13-7/h5-7,9-10H,2-4H2,1H3/t5-,6-,7?,8-/m1/s1. The van der Waals surface area contributed by atoms with Gasteiger partial charge in [-0.2, -0.15) is 0 Å². The average Bonchev–Trinajstić information content (AvgIpc) is 2.36. The molecule has 0 saturated carbocycles. The minimum Gasteiger partial charge on any atom is -0.394 e. The summed E-state index contributed by atoms with van der Waals surface area (Å²) in [6.07, 6.45) is -1.24. The molecule has 2 heterocycles. The Kier molecular flexibility index (Phi) is 2.29. The first-order valence-corrected chi connectivity index (χ1v) is 4.36. The molecule has 0 bridgehead atoms. The van der Waals surface area contributed by atoms with Crippen LogP contribution < -0.4 is 0 Å². The molecular weight excluding hydrogens is 176 g/mol. The molecule has 5 nitrogen and oxygen atoms in total. The van der Waals surface area contributed by atoms with Gasteiger partial charge in [0.15, 0.2) is 6.29 Å². The molecule has 0 aliphatic carbocycles. The molecular formula is C8H14O5. The van der Waals surface area contributed by atoms with Crippen molar-refractivity contribution in [2.45, 2.75) is 30.5 Å². The van der Waals surface area contributed by atoms with Crippen molar-refractivity contribution in [1.82, 2.24) is 0 Å². The minimum absolute atomic E-state index is 0.216. The zero-order valence-corrected chi connectivity index (χ0v) is 7.47. The van der Waals surface area contributed by atoms with Gasteiger partial charge in [-0.15, -0.1) is 0 Å². The van der Waals surface area contributed by atoms with E-state index in [1.165, 1.54) is 7.11 Å². The van der Waals surface area contributed by atoms with Crippen LogP contribution >= 0.6 is 0 Å².